The number of carbonyl (C=O) groups is 1. The smallest absolute Gasteiger partial charge is 0.133 e. The normalized spacial score (nSPS) is 22.8. The summed E-state index contributed by atoms with van der Waals surface area (Å²) < 4.78 is 1.44. The van der Waals surface area contributed by atoms with E-state index in [-0.39, 0.29) is 0 Å². The lowest BCUT2D eigenvalue weighted by atomic mass is 9.77. The van der Waals surface area contributed by atoms with Crippen molar-refractivity contribution in [3.8, 4) is 0 Å². The van der Waals surface area contributed by atoms with Crippen LogP contribution in [0.5, 0.6) is 0 Å². The van der Waals surface area contributed by atoms with Gasteiger partial charge < -0.3 is 0 Å². The number of carbonyl (C=O) groups excluding carboxylic acids is 1. The summed E-state index contributed by atoms with van der Waals surface area (Å²) in [4.78, 5) is 14.7. The SMILES string of the molecule is O=C1CCCC(C2CCCC2=C(Sc2ccccc2)Sc2ccccc2)C1. The summed E-state index contributed by atoms with van der Waals surface area (Å²) in [6.07, 6.45) is 7.60. The number of Topliss-reactive ketones (excluding diaryl/α,β-unsaturated/α-hetero) is 1. The van der Waals surface area contributed by atoms with Crippen molar-refractivity contribution in [3.05, 3.63) is 70.5 Å². The average Bonchev–Trinajstić information content (AvgIpc) is 3.19. The number of thioether (sulfide) groups is 2. The van der Waals surface area contributed by atoms with Crippen LogP contribution in [-0.2, 0) is 4.79 Å². The lowest BCUT2D eigenvalue weighted by Gasteiger charge is -2.29. The molecule has 3 heteroatoms. The molecule has 0 aliphatic heterocycles. The Morgan fingerprint density at radius 1 is 0.778 bits per heavy atom. The zero-order chi connectivity index (χ0) is 18.5. The Morgan fingerprint density at radius 2 is 1.37 bits per heavy atom. The quantitative estimate of drug-likeness (QED) is 0.494. The molecule has 1 nitrogen and oxygen atoms in total. The van der Waals surface area contributed by atoms with Gasteiger partial charge in [-0.3, -0.25) is 4.79 Å². The summed E-state index contributed by atoms with van der Waals surface area (Å²) in [5.74, 6) is 1.63. The second kappa shape index (κ2) is 9.16. The number of rotatable bonds is 5. The van der Waals surface area contributed by atoms with E-state index in [1.165, 1.54) is 39.7 Å². The fraction of sp³-hybridized carbons (Fsp3) is 0.375. The minimum absolute atomic E-state index is 0.477. The third-order valence-corrected chi connectivity index (χ3v) is 8.08. The van der Waals surface area contributed by atoms with Gasteiger partial charge in [-0.25, -0.2) is 0 Å². The molecule has 0 bridgehead atoms. The van der Waals surface area contributed by atoms with Gasteiger partial charge in [-0.15, -0.1) is 0 Å². The monoisotopic (exact) mass is 394 g/mol. The summed E-state index contributed by atoms with van der Waals surface area (Å²) in [6.45, 7) is 0. The van der Waals surface area contributed by atoms with Crippen molar-refractivity contribution in [1.29, 1.82) is 0 Å². The second-order valence-electron chi connectivity index (χ2n) is 7.54. The molecule has 0 aromatic heterocycles. The molecule has 140 valence electrons. The molecule has 0 heterocycles. The molecule has 2 saturated carbocycles. The van der Waals surface area contributed by atoms with E-state index in [0.717, 1.165) is 19.3 Å². The van der Waals surface area contributed by atoms with Gasteiger partial charge in [-0.2, -0.15) is 0 Å². The first kappa shape index (κ1) is 18.9. The number of ketones is 1. The van der Waals surface area contributed by atoms with E-state index < -0.39 is 0 Å². The van der Waals surface area contributed by atoms with Crippen LogP contribution < -0.4 is 0 Å². The topological polar surface area (TPSA) is 17.1 Å². The molecule has 0 amide bonds. The zero-order valence-corrected chi connectivity index (χ0v) is 17.2. The number of hydrogen-bond acceptors (Lipinski definition) is 3. The second-order valence-corrected chi connectivity index (χ2v) is 9.96. The van der Waals surface area contributed by atoms with Gasteiger partial charge >= 0.3 is 0 Å². The Morgan fingerprint density at radius 3 is 1.96 bits per heavy atom. The first-order valence-corrected chi connectivity index (χ1v) is 11.6. The van der Waals surface area contributed by atoms with Crippen LogP contribution in [-0.4, -0.2) is 5.78 Å². The molecule has 0 spiro atoms. The van der Waals surface area contributed by atoms with Crippen LogP contribution >= 0.6 is 23.5 Å². The highest BCUT2D eigenvalue weighted by Gasteiger charge is 2.34. The fourth-order valence-electron chi connectivity index (χ4n) is 4.39. The van der Waals surface area contributed by atoms with Crippen molar-refractivity contribution in [3.63, 3.8) is 0 Å². The Kier molecular flexibility index (Phi) is 6.41. The molecule has 27 heavy (non-hydrogen) atoms. The Bertz CT molecular complexity index is 754. The highest BCUT2D eigenvalue weighted by atomic mass is 32.2. The number of allylic oxidation sites excluding steroid dienone is 1. The maximum Gasteiger partial charge on any atom is 0.133 e. The highest BCUT2D eigenvalue weighted by molar-refractivity contribution is 8.22. The first-order chi connectivity index (χ1) is 13.3. The van der Waals surface area contributed by atoms with Crippen molar-refractivity contribution < 1.29 is 4.79 Å². The molecule has 2 aliphatic carbocycles. The van der Waals surface area contributed by atoms with Gasteiger partial charge in [0, 0.05) is 26.9 Å². The molecule has 2 aromatic rings. The summed E-state index contributed by atoms with van der Waals surface area (Å²) in [5.41, 5.74) is 1.61. The van der Waals surface area contributed by atoms with E-state index in [1.54, 1.807) is 5.57 Å². The standard InChI is InChI=1S/C24H26OS2/c25-19-10-7-9-18(17-19)22-15-8-16-23(22)24(26-20-11-3-1-4-12-20)27-21-13-5-2-6-14-21/h1-6,11-14,18,22H,7-10,15-17H2. The zero-order valence-electron chi connectivity index (χ0n) is 15.6. The molecular formula is C24H26OS2. The van der Waals surface area contributed by atoms with E-state index in [1.807, 2.05) is 23.5 Å². The summed E-state index contributed by atoms with van der Waals surface area (Å²) >= 11 is 3.81. The van der Waals surface area contributed by atoms with Gasteiger partial charge in [-0.1, -0.05) is 59.9 Å². The Balaban J connectivity index is 1.65. The van der Waals surface area contributed by atoms with Gasteiger partial charge in [0.15, 0.2) is 0 Å². The van der Waals surface area contributed by atoms with Crippen LogP contribution in [0.2, 0.25) is 0 Å². The summed E-state index contributed by atoms with van der Waals surface area (Å²) in [6, 6.07) is 21.4. The minimum atomic E-state index is 0.477. The number of hydrogen-bond donors (Lipinski definition) is 0. The molecule has 2 atom stereocenters. The average molecular weight is 395 g/mol. The van der Waals surface area contributed by atoms with Gasteiger partial charge in [0.2, 0.25) is 0 Å². The Hall–Kier alpha value is -1.45. The molecule has 2 aromatic carbocycles. The van der Waals surface area contributed by atoms with E-state index in [2.05, 4.69) is 60.7 Å². The van der Waals surface area contributed by atoms with Crippen LogP contribution in [0.1, 0.15) is 44.9 Å². The maximum absolute atomic E-state index is 12.1. The predicted octanol–water partition coefficient (Wildman–Crippen LogP) is 7.34. The lowest BCUT2D eigenvalue weighted by molar-refractivity contribution is -0.121. The van der Waals surface area contributed by atoms with Gasteiger partial charge in [0.1, 0.15) is 5.78 Å². The third kappa shape index (κ3) is 4.89. The van der Waals surface area contributed by atoms with Crippen LogP contribution in [0.3, 0.4) is 0 Å². The largest absolute Gasteiger partial charge is 0.300 e. The fourth-order valence-corrected chi connectivity index (χ4v) is 6.92. The van der Waals surface area contributed by atoms with E-state index in [4.69, 9.17) is 0 Å². The molecule has 4 rings (SSSR count). The van der Waals surface area contributed by atoms with Gasteiger partial charge in [0.05, 0.1) is 0 Å². The van der Waals surface area contributed by atoms with Crippen molar-refractivity contribution >= 4 is 29.3 Å². The molecular weight excluding hydrogens is 368 g/mol. The third-order valence-electron chi connectivity index (χ3n) is 5.67. The van der Waals surface area contributed by atoms with Gasteiger partial charge in [0.25, 0.3) is 0 Å². The van der Waals surface area contributed by atoms with Crippen molar-refractivity contribution in [1.82, 2.24) is 0 Å². The van der Waals surface area contributed by atoms with E-state index >= 15 is 0 Å². The molecule has 2 fully saturated rings. The van der Waals surface area contributed by atoms with Gasteiger partial charge in [-0.05, 0) is 73.8 Å². The first-order valence-electron chi connectivity index (χ1n) is 10.00. The summed E-state index contributed by atoms with van der Waals surface area (Å²) in [7, 11) is 0. The molecule has 0 N–H and O–H groups in total. The van der Waals surface area contributed by atoms with Crippen molar-refractivity contribution in [2.24, 2.45) is 11.8 Å². The minimum Gasteiger partial charge on any atom is -0.300 e. The van der Waals surface area contributed by atoms with Crippen molar-refractivity contribution in [2.75, 3.05) is 0 Å². The van der Waals surface area contributed by atoms with Crippen LogP contribution in [0.15, 0.2) is 80.3 Å². The van der Waals surface area contributed by atoms with Crippen LogP contribution in [0.4, 0.5) is 0 Å². The predicted molar refractivity (Wildman–Crippen MR) is 116 cm³/mol. The Labute approximate surface area is 171 Å². The van der Waals surface area contributed by atoms with Crippen molar-refractivity contribution in [2.45, 2.75) is 54.7 Å². The van der Waals surface area contributed by atoms with E-state index in [9.17, 15) is 4.79 Å². The molecule has 0 radical (unpaired) electrons. The maximum atomic E-state index is 12.1. The number of benzene rings is 2. The van der Waals surface area contributed by atoms with Crippen LogP contribution in [0, 0.1) is 11.8 Å². The lowest BCUT2D eigenvalue weighted by Crippen LogP contribution is -2.22. The summed E-state index contributed by atoms with van der Waals surface area (Å²) in [5, 5.41) is 0. The van der Waals surface area contributed by atoms with E-state index in [0.29, 0.717) is 17.6 Å². The van der Waals surface area contributed by atoms with Crippen LogP contribution in [0.25, 0.3) is 0 Å². The molecule has 0 saturated heterocycles. The highest BCUT2D eigenvalue weighted by Crippen LogP contribution is 2.50. The molecule has 2 aliphatic rings. The molecule has 2 unspecified atom stereocenters.